The van der Waals surface area contributed by atoms with Crippen LogP contribution in [-0.2, 0) is 16.0 Å². The van der Waals surface area contributed by atoms with Gasteiger partial charge >= 0.3 is 0 Å². The number of ether oxygens (including phenoxy) is 2. The first kappa shape index (κ1) is 16.2. The lowest BCUT2D eigenvalue weighted by Gasteiger charge is -2.33. The van der Waals surface area contributed by atoms with Crippen LogP contribution >= 0.6 is 0 Å². The average Bonchev–Trinajstić information content (AvgIpc) is 3.20. The first-order chi connectivity index (χ1) is 11.2. The fourth-order valence-corrected chi connectivity index (χ4v) is 3.14. The Balaban J connectivity index is 1.49. The lowest BCUT2D eigenvalue weighted by Crippen LogP contribution is -2.49. The largest absolute Gasteiger partial charge is 0.479 e. The van der Waals surface area contributed by atoms with Crippen LogP contribution in [0.3, 0.4) is 0 Å². The second-order valence-electron chi connectivity index (χ2n) is 5.92. The smallest absolute Gasteiger partial charge is 0.254 e. The Bertz CT molecular complexity index is 529. The Morgan fingerprint density at radius 2 is 2.22 bits per heavy atom. The van der Waals surface area contributed by atoms with Crippen molar-refractivity contribution in [2.45, 2.75) is 25.0 Å². The standard InChI is InChI=1S/C15H23N3O5/c1-21-14-8-11(23-16-14)2-3-15(20)18-9-12(13(19)10-18)17-4-6-22-7-5-17/h8,12-13,19H,2-7,9-10H2,1H3/t12-,13-/m1/s1. The minimum Gasteiger partial charge on any atom is -0.479 e. The summed E-state index contributed by atoms with van der Waals surface area (Å²) in [6, 6.07) is 1.69. The summed E-state index contributed by atoms with van der Waals surface area (Å²) in [5, 5.41) is 14.0. The molecule has 128 valence electrons. The van der Waals surface area contributed by atoms with Crippen LogP contribution in [0.2, 0.25) is 0 Å². The molecule has 1 N–H and O–H groups in total. The summed E-state index contributed by atoms with van der Waals surface area (Å²) >= 11 is 0. The van der Waals surface area contributed by atoms with E-state index in [1.165, 1.54) is 7.11 Å². The molecule has 3 rings (SSSR count). The third kappa shape index (κ3) is 3.82. The van der Waals surface area contributed by atoms with E-state index in [0.717, 1.165) is 13.1 Å². The zero-order chi connectivity index (χ0) is 16.2. The third-order valence-corrected chi connectivity index (χ3v) is 4.46. The molecule has 0 spiro atoms. The highest BCUT2D eigenvalue weighted by Crippen LogP contribution is 2.19. The van der Waals surface area contributed by atoms with Crippen molar-refractivity contribution in [2.75, 3.05) is 46.5 Å². The number of rotatable bonds is 5. The summed E-state index contributed by atoms with van der Waals surface area (Å²) in [5.41, 5.74) is 0. The molecule has 2 aliphatic rings. The van der Waals surface area contributed by atoms with Crippen LogP contribution in [0.5, 0.6) is 5.88 Å². The summed E-state index contributed by atoms with van der Waals surface area (Å²) in [7, 11) is 1.52. The van der Waals surface area contributed by atoms with E-state index in [4.69, 9.17) is 14.0 Å². The van der Waals surface area contributed by atoms with E-state index in [9.17, 15) is 9.90 Å². The van der Waals surface area contributed by atoms with E-state index >= 15 is 0 Å². The van der Waals surface area contributed by atoms with Gasteiger partial charge in [-0.05, 0) is 5.16 Å². The normalized spacial score (nSPS) is 25.7. The number of methoxy groups -OCH3 is 1. The number of aromatic nitrogens is 1. The predicted octanol–water partition coefficient (Wildman–Crippen LogP) is -0.480. The number of likely N-dealkylation sites (tertiary alicyclic amines) is 1. The number of carbonyl (C=O) groups is 1. The molecule has 0 bridgehead atoms. The summed E-state index contributed by atoms with van der Waals surface area (Å²) in [4.78, 5) is 16.3. The number of nitrogens with zero attached hydrogens (tertiary/aromatic N) is 3. The molecule has 2 fully saturated rings. The molecule has 8 nitrogen and oxygen atoms in total. The summed E-state index contributed by atoms with van der Waals surface area (Å²) in [6.07, 6.45) is 0.313. The molecule has 23 heavy (non-hydrogen) atoms. The average molecular weight is 325 g/mol. The monoisotopic (exact) mass is 325 g/mol. The van der Waals surface area contributed by atoms with Crippen LogP contribution in [0.25, 0.3) is 0 Å². The van der Waals surface area contributed by atoms with Crippen molar-refractivity contribution in [2.24, 2.45) is 0 Å². The quantitative estimate of drug-likeness (QED) is 0.782. The molecule has 2 atom stereocenters. The van der Waals surface area contributed by atoms with Gasteiger partial charge in [-0.1, -0.05) is 0 Å². The fraction of sp³-hybridized carbons (Fsp3) is 0.733. The number of aliphatic hydroxyl groups is 1. The Labute approximate surface area is 134 Å². The highest BCUT2D eigenvalue weighted by molar-refractivity contribution is 5.76. The van der Waals surface area contributed by atoms with Crippen LogP contribution in [-0.4, -0.2) is 84.6 Å². The highest BCUT2D eigenvalue weighted by atomic mass is 16.5. The van der Waals surface area contributed by atoms with Gasteiger partial charge < -0.3 is 24.0 Å². The molecule has 0 aromatic carbocycles. The first-order valence-corrected chi connectivity index (χ1v) is 7.94. The number of morpholine rings is 1. The molecule has 0 radical (unpaired) electrons. The Morgan fingerprint density at radius 3 is 2.91 bits per heavy atom. The number of aliphatic hydroxyl groups excluding tert-OH is 1. The van der Waals surface area contributed by atoms with Crippen LogP contribution in [0, 0.1) is 0 Å². The second kappa shape index (κ2) is 7.29. The SMILES string of the molecule is COc1cc(CCC(=O)N2C[C@@H](O)[C@H](N3CCOCC3)C2)on1. The number of aryl methyl sites for hydroxylation is 1. The highest BCUT2D eigenvalue weighted by Gasteiger charge is 2.37. The second-order valence-corrected chi connectivity index (χ2v) is 5.92. The third-order valence-electron chi connectivity index (χ3n) is 4.46. The molecule has 8 heteroatoms. The fourth-order valence-electron chi connectivity index (χ4n) is 3.14. The molecule has 1 amide bonds. The zero-order valence-electron chi connectivity index (χ0n) is 13.3. The van der Waals surface area contributed by atoms with Crippen LogP contribution < -0.4 is 4.74 Å². The Hall–Kier alpha value is -1.64. The zero-order valence-corrected chi connectivity index (χ0v) is 13.3. The number of carbonyl (C=O) groups excluding carboxylic acids is 1. The number of amides is 1. The van der Waals surface area contributed by atoms with Crippen molar-refractivity contribution in [3.63, 3.8) is 0 Å². The lowest BCUT2D eigenvalue weighted by molar-refractivity contribution is -0.130. The Morgan fingerprint density at radius 1 is 1.43 bits per heavy atom. The van der Waals surface area contributed by atoms with Gasteiger partial charge in [0.05, 0.1) is 32.5 Å². The van der Waals surface area contributed by atoms with Crippen molar-refractivity contribution in [3.05, 3.63) is 11.8 Å². The summed E-state index contributed by atoms with van der Waals surface area (Å²) in [5.74, 6) is 1.06. The predicted molar refractivity (Wildman–Crippen MR) is 80.1 cm³/mol. The molecular formula is C15H23N3O5. The van der Waals surface area contributed by atoms with Crippen molar-refractivity contribution in [3.8, 4) is 5.88 Å². The topological polar surface area (TPSA) is 88.3 Å². The van der Waals surface area contributed by atoms with Crippen molar-refractivity contribution in [1.82, 2.24) is 15.0 Å². The minimum atomic E-state index is -0.498. The number of β-amino-alcohol motifs (C(OH)–C–C–N with tert-alkyl or cyclic N) is 1. The van der Waals surface area contributed by atoms with Gasteiger partial charge in [0, 0.05) is 45.1 Å². The van der Waals surface area contributed by atoms with Crippen LogP contribution in [0.1, 0.15) is 12.2 Å². The van der Waals surface area contributed by atoms with Crippen molar-refractivity contribution in [1.29, 1.82) is 0 Å². The van der Waals surface area contributed by atoms with E-state index in [0.29, 0.717) is 50.8 Å². The van der Waals surface area contributed by atoms with Gasteiger partial charge in [0.2, 0.25) is 5.91 Å². The Kier molecular flexibility index (Phi) is 5.14. The molecule has 2 aliphatic heterocycles. The maximum Gasteiger partial charge on any atom is 0.254 e. The van der Waals surface area contributed by atoms with Gasteiger partial charge in [-0.2, -0.15) is 0 Å². The molecule has 0 unspecified atom stereocenters. The van der Waals surface area contributed by atoms with Gasteiger partial charge in [0.1, 0.15) is 5.76 Å². The molecule has 0 aliphatic carbocycles. The summed E-state index contributed by atoms with van der Waals surface area (Å²) < 4.78 is 15.4. The van der Waals surface area contributed by atoms with E-state index in [-0.39, 0.29) is 11.9 Å². The number of hydrogen-bond donors (Lipinski definition) is 1. The van der Waals surface area contributed by atoms with E-state index in [1.807, 2.05) is 0 Å². The van der Waals surface area contributed by atoms with Crippen molar-refractivity contribution >= 4 is 5.91 Å². The van der Waals surface area contributed by atoms with Gasteiger partial charge in [0.25, 0.3) is 5.88 Å². The van der Waals surface area contributed by atoms with Gasteiger partial charge in [-0.15, -0.1) is 0 Å². The van der Waals surface area contributed by atoms with E-state index in [1.54, 1.807) is 11.0 Å². The molecule has 0 saturated carbocycles. The lowest BCUT2D eigenvalue weighted by atomic mass is 10.1. The molecule has 1 aromatic rings. The molecule has 2 saturated heterocycles. The van der Waals surface area contributed by atoms with Crippen LogP contribution in [0.4, 0.5) is 0 Å². The molecule has 1 aromatic heterocycles. The maximum atomic E-state index is 12.3. The van der Waals surface area contributed by atoms with Gasteiger partial charge in [-0.25, -0.2) is 0 Å². The van der Waals surface area contributed by atoms with Gasteiger partial charge in [0.15, 0.2) is 0 Å². The van der Waals surface area contributed by atoms with Crippen molar-refractivity contribution < 1.29 is 23.9 Å². The summed E-state index contributed by atoms with van der Waals surface area (Å²) in [6.45, 7) is 3.94. The van der Waals surface area contributed by atoms with Crippen LogP contribution in [0.15, 0.2) is 10.6 Å². The minimum absolute atomic E-state index is 0.00761. The first-order valence-electron chi connectivity index (χ1n) is 7.94. The number of hydrogen-bond acceptors (Lipinski definition) is 7. The molecule has 3 heterocycles. The molecular weight excluding hydrogens is 302 g/mol. The van der Waals surface area contributed by atoms with Gasteiger partial charge in [-0.3, -0.25) is 9.69 Å². The van der Waals surface area contributed by atoms with E-state index in [2.05, 4.69) is 10.1 Å². The van der Waals surface area contributed by atoms with E-state index < -0.39 is 6.10 Å². The maximum absolute atomic E-state index is 12.3.